The topological polar surface area (TPSA) is 111 Å². The number of unbranched alkanes of at least 4 members (excludes halogenated alkanes) is 1. The van der Waals surface area contributed by atoms with Crippen molar-refractivity contribution in [3.8, 4) is 0 Å². The Morgan fingerprint density at radius 2 is 1.29 bits per heavy atom. The second-order valence-corrected chi connectivity index (χ2v) is 11.0. The minimum Gasteiger partial charge on any atom is -0.264 e. The molecule has 0 aliphatic heterocycles. The van der Waals surface area contributed by atoms with E-state index in [0.717, 1.165) is 0 Å². The lowest BCUT2D eigenvalue weighted by Gasteiger charge is -2.20. The molecule has 0 saturated carbocycles. The van der Waals surface area contributed by atoms with Gasteiger partial charge in [0.2, 0.25) is 6.04 Å². The first-order valence-corrected chi connectivity index (χ1v) is 12.0. The van der Waals surface area contributed by atoms with Crippen LogP contribution >= 0.6 is 0 Å². The highest BCUT2D eigenvalue weighted by Crippen LogP contribution is 2.30. The van der Waals surface area contributed by atoms with E-state index in [-0.39, 0.29) is 16.2 Å². The van der Waals surface area contributed by atoms with Crippen LogP contribution in [0.1, 0.15) is 32.6 Å². The molecule has 0 fully saturated rings. The van der Waals surface area contributed by atoms with Gasteiger partial charge < -0.3 is 0 Å². The number of hydrogen-bond donors (Lipinski definition) is 0. The van der Waals surface area contributed by atoms with Crippen molar-refractivity contribution in [2.75, 3.05) is 0 Å². The van der Waals surface area contributed by atoms with E-state index in [2.05, 4.69) is 0 Å². The first kappa shape index (κ1) is 22.0. The maximum Gasteiger partial charge on any atom is 0.215 e. The smallest absolute Gasteiger partial charge is 0.215 e. The fourth-order valence-electron chi connectivity index (χ4n) is 2.92. The molecule has 0 aliphatic rings. The predicted octanol–water partition coefficient (Wildman–Crippen LogP) is 3.49. The lowest BCUT2D eigenvalue weighted by molar-refractivity contribution is -0.524. The van der Waals surface area contributed by atoms with Crippen molar-refractivity contribution in [3.05, 3.63) is 70.8 Å². The molecule has 0 N–H and O–H groups in total. The van der Waals surface area contributed by atoms with Crippen LogP contribution in [0.2, 0.25) is 0 Å². The summed E-state index contributed by atoms with van der Waals surface area (Å²) in [5.41, 5.74) is 0. The summed E-state index contributed by atoms with van der Waals surface area (Å²) >= 11 is 0. The third-order valence-corrected chi connectivity index (χ3v) is 9.64. The van der Waals surface area contributed by atoms with E-state index in [1.807, 2.05) is 6.92 Å². The van der Waals surface area contributed by atoms with Crippen molar-refractivity contribution in [1.82, 2.24) is 0 Å². The fourth-order valence-corrected chi connectivity index (χ4v) is 7.55. The average molecular weight is 426 g/mol. The fraction of sp³-hybridized carbons (Fsp3) is 0.368. The maximum atomic E-state index is 13.2. The maximum absolute atomic E-state index is 13.2. The van der Waals surface area contributed by atoms with E-state index in [0.29, 0.717) is 12.8 Å². The van der Waals surface area contributed by atoms with Gasteiger partial charge in [-0.05, 0) is 30.7 Å². The van der Waals surface area contributed by atoms with E-state index in [9.17, 15) is 26.9 Å². The molecule has 0 aromatic heterocycles. The summed E-state index contributed by atoms with van der Waals surface area (Å²) in [6.07, 6.45) is 0.719. The molecular weight excluding hydrogens is 402 g/mol. The molecule has 152 valence electrons. The van der Waals surface area contributed by atoms with Gasteiger partial charge >= 0.3 is 0 Å². The zero-order chi connectivity index (χ0) is 20.8. The summed E-state index contributed by atoms with van der Waals surface area (Å²) in [6.45, 7) is 1.86. The first-order chi connectivity index (χ1) is 13.2. The second kappa shape index (κ2) is 9.29. The highest BCUT2D eigenvalue weighted by Gasteiger charge is 2.43. The minimum absolute atomic E-state index is 0.120. The van der Waals surface area contributed by atoms with Gasteiger partial charge in [0, 0.05) is 17.8 Å². The van der Waals surface area contributed by atoms with Gasteiger partial charge in [-0.15, -0.1) is 0 Å². The quantitative estimate of drug-likeness (QED) is 0.425. The molecule has 0 aliphatic carbocycles. The Balaban J connectivity index is 2.57. The van der Waals surface area contributed by atoms with Gasteiger partial charge in [0.1, 0.15) is 0 Å². The van der Waals surface area contributed by atoms with Gasteiger partial charge in [0.25, 0.3) is 0 Å². The third-order valence-electron chi connectivity index (χ3n) is 4.49. The van der Waals surface area contributed by atoms with Gasteiger partial charge in [-0.25, -0.2) is 16.8 Å². The van der Waals surface area contributed by atoms with Crippen LogP contribution in [0.4, 0.5) is 0 Å². The largest absolute Gasteiger partial charge is 0.264 e. The molecule has 0 amide bonds. The zero-order valence-electron chi connectivity index (χ0n) is 15.5. The monoisotopic (exact) mass is 425 g/mol. The summed E-state index contributed by atoms with van der Waals surface area (Å²) in [5, 5.41) is 11.5. The van der Waals surface area contributed by atoms with Gasteiger partial charge in [-0.2, -0.15) is 0 Å². The van der Waals surface area contributed by atoms with E-state index < -0.39 is 41.6 Å². The Morgan fingerprint density at radius 3 is 1.64 bits per heavy atom. The molecule has 28 heavy (non-hydrogen) atoms. The Morgan fingerprint density at radius 1 is 0.857 bits per heavy atom. The Bertz CT molecular complexity index is 920. The first-order valence-electron chi connectivity index (χ1n) is 8.92. The van der Waals surface area contributed by atoms with Crippen molar-refractivity contribution < 1.29 is 21.8 Å². The van der Waals surface area contributed by atoms with E-state index in [4.69, 9.17) is 0 Å². The highest BCUT2D eigenvalue weighted by molar-refractivity contribution is 8.09. The molecule has 0 heterocycles. The SMILES string of the molecule is CCCC[C@H](CC(S(=O)(=O)c1ccccc1)S(=O)(=O)c1ccccc1)[N+](=O)[O-]. The van der Waals surface area contributed by atoms with Crippen LogP contribution in [0.25, 0.3) is 0 Å². The third kappa shape index (κ3) is 4.96. The van der Waals surface area contributed by atoms with Gasteiger partial charge in [-0.1, -0.05) is 49.7 Å². The standard InChI is InChI=1S/C19H23NO6S2/c1-2-3-10-16(20(21)22)15-19(27(23,24)17-11-6-4-7-12-17)28(25,26)18-13-8-5-9-14-18/h4-9,11-14,16,19H,2-3,10,15H2,1H3/t16-/m1/s1. The molecule has 2 aromatic carbocycles. The predicted molar refractivity (Wildman–Crippen MR) is 106 cm³/mol. The summed E-state index contributed by atoms with van der Waals surface area (Å²) in [5.74, 6) is 0. The molecule has 0 spiro atoms. The van der Waals surface area contributed by atoms with Crippen LogP contribution in [-0.2, 0) is 19.7 Å². The van der Waals surface area contributed by atoms with Gasteiger partial charge in [0.15, 0.2) is 24.3 Å². The molecule has 0 bridgehead atoms. The Kier molecular flexibility index (Phi) is 7.31. The molecule has 9 heteroatoms. The summed E-state index contributed by atoms with van der Waals surface area (Å²) < 4.78 is 50.8. The summed E-state index contributed by atoms with van der Waals surface area (Å²) in [6, 6.07) is 13.1. The van der Waals surface area contributed by atoms with E-state index in [1.165, 1.54) is 48.5 Å². The normalized spacial score (nSPS) is 13.4. The van der Waals surface area contributed by atoms with Crippen LogP contribution in [-0.4, -0.2) is 32.4 Å². The molecule has 7 nitrogen and oxygen atoms in total. The minimum atomic E-state index is -4.35. The lowest BCUT2D eigenvalue weighted by Crippen LogP contribution is -2.36. The van der Waals surface area contributed by atoms with Crippen LogP contribution in [0, 0.1) is 10.1 Å². The zero-order valence-corrected chi connectivity index (χ0v) is 17.1. The van der Waals surface area contributed by atoms with E-state index >= 15 is 0 Å². The number of sulfone groups is 2. The Hall–Kier alpha value is -2.26. The number of hydrogen-bond acceptors (Lipinski definition) is 6. The van der Waals surface area contributed by atoms with Crippen molar-refractivity contribution in [3.63, 3.8) is 0 Å². The molecule has 0 unspecified atom stereocenters. The summed E-state index contributed by atoms with van der Waals surface area (Å²) in [4.78, 5) is 10.6. The molecule has 0 radical (unpaired) electrons. The van der Waals surface area contributed by atoms with Crippen molar-refractivity contribution >= 4 is 19.7 Å². The molecule has 0 saturated heterocycles. The van der Waals surface area contributed by atoms with Crippen molar-refractivity contribution in [2.45, 2.75) is 53.0 Å². The average Bonchev–Trinajstić information content (AvgIpc) is 2.68. The molecular formula is C19H23NO6S2. The van der Waals surface area contributed by atoms with Crippen LogP contribution < -0.4 is 0 Å². The molecule has 1 atom stereocenters. The van der Waals surface area contributed by atoms with Crippen molar-refractivity contribution in [2.24, 2.45) is 0 Å². The Labute approximate surface area is 165 Å². The number of nitro groups is 1. The highest BCUT2D eigenvalue weighted by atomic mass is 32.3. The number of benzene rings is 2. The van der Waals surface area contributed by atoms with Gasteiger partial charge in [-0.3, -0.25) is 10.1 Å². The number of nitrogens with zero attached hydrogens (tertiary/aromatic N) is 1. The molecule has 2 aromatic rings. The van der Waals surface area contributed by atoms with Crippen LogP contribution in [0.3, 0.4) is 0 Å². The van der Waals surface area contributed by atoms with Gasteiger partial charge in [0.05, 0.1) is 9.79 Å². The summed E-state index contributed by atoms with van der Waals surface area (Å²) in [7, 11) is -8.71. The molecule has 2 rings (SSSR count). The van der Waals surface area contributed by atoms with E-state index in [1.54, 1.807) is 12.1 Å². The number of rotatable bonds is 10. The van der Waals surface area contributed by atoms with Crippen LogP contribution in [0.5, 0.6) is 0 Å². The van der Waals surface area contributed by atoms with Crippen LogP contribution in [0.15, 0.2) is 70.5 Å². The van der Waals surface area contributed by atoms with Crippen molar-refractivity contribution in [1.29, 1.82) is 0 Å². The second-order valence-electron chi connectivity index (χ2n) is 6.46. The lowest BCUT2D eigenvalue weighted by atomic mass is 10.1.